The Morgan fingerprint density at radius 3 is 2.81 bits per heavy atom. The highest BCUT2D eigenvalue weighted by Crippen LogP contribution is 2.36. The van der Waals surface area contributed by atoms with Gasteiger partial charge in [-0.1, -0.05) is 0 Å². The molecule has 0 saturated carbocycles. The number of aromatic nitrogens is 1. The minimum atomic E-state index is 0.107. The molecule has 1 aromatic rings. The molecule has 0 aromatic carbocycles. The van der Waals surface area contributed by atoms with Crippen molar-refractivity contribution in [2.45, 2.75) is 37.9 Å². The van der Waals surface area contributed by atoms with E-state index in [0.29, 0.717) is 17.3 Å². The predicted octanol–water partition coefficient (Wildman–Crippen LogP) is 2.04. The topological polar surface area (TPSA) is 51.2 Å². The summed E-state index contributed by atoms with van der Waals surface area (Å²) in [4.78, 5) is 16.0. The lowest BCUT2D eigenvalue weighted by atomic mass is 9.95. The van der Waals surface area contributed by atoms with E-state index >= 15 is 0 Å². The largest absolute Gasteiger partial charge is 0.375 e. The van der Waals surface area contributed by atoms with Gasteiger partial charge in [-0.2, -0.15) is 0 Å². The van der Waals surface area contributed by atoms with Crippen LogP contribution in [0.1, 0.15) is 25.7 Å². The number of carbonyl (C=O) groups is 1. The van der Waals surface area contributed by atoms with Gasteiger partial charge < -0.3 is 10.1 Å². The van der Waals surface area contributed by atoms with Gasteiger partial charge in [0.15, 0.2) is 5.13 Å². The Morgan fingerprint density at radius 1 is 1.44 bits per heavy atom. The fraction of sp³-hybridized carbons (Fsp3) is 0.636. The van der Waals surface area contributed by atoms with Crippen LogP contribution >= 0.6 is 11.3 Å². The molecule has 0 spiro atoms. The van der Waals surface area contributed by atoms with Gasteiger partial charge in [-0.15, -0.1) is 11.3 Å². The molecule has 0 radical (unpaired) electrons. The molecule has 3 atom stereocenters. The summed E-state index contributed by atoms with van der Waals surface area (Å²) in [7, 11) is 0. The van der Waals surface area contributed by atoms with Crippen molar-refractivity contribution in [3.63, 3.8) is 0 Å². The fourth-order valence-corrected chi connectivity index (χ4v) is 3.10. The molecule has 3 heterocycles. The van der Waals surface area contributed by atoms with Gasteiger partial charge in [-0.05, 0) is 25.7 Å². The number of ether oxygens (including phenoxy) is 1. The van der Waals surface area contributed by atoms with Gasteiger partial charge in [0.25, 0.3) is 0 Å². The van der Waals surface area contributed by atoms with Gasteiger partial charge in [0.2, 0.25) is 5.91 Å². The first-order valence-corrected chi connectivity index (χ1v) is 6.55. The third-order valence-electron chi connectivity index (χ3n) is 3.32. The van der Waals surface area contributed by atoms with Crippen molar-refractivity contribution in [1.82, 2.24) is 4.98 Å². The molecule has 3 rings (SSSR count). The maximum absolute atomic E-state index is 12.0. The zero-order valence-corrected chi connectivity index (χ0v) is 9.70. The SMILES string of the molecule is O=C(Nc1nccs1)C1C[C@H]2CC[C@@H](C1)O2. The summed E-state index contributed by atoms with van der Waals surface area (Å²) < 4.78 is 5.72. The highest BCUT2D eigenvalue weighted by molar-refractivity contribution is 7.13. The second kappa shape index (κ2) is 4.14. The van der Waals surface area contributed by atoms with Gasteiger partial charge in [0.1, 0.15) is 0 Å². The van der Waals surface area contributed by atoms with Gasteiger partial charge in [-0.3, -0.25) is 4.79 Å². The molecule has 16 heavy (non-hydrogen) atoms. The van der Waals surface area contributed by atoms with E-state index < -0.39 is 0 Å². The van der Waals surface area contributed by atoms with Crippen molar-refractivity contribution in [2.24, 2.45) is 5.92 Å². The average Bonchev–Trinajstić information content (AvgIpc) is 2.89. The zero-order valence-electron chi connectivity index (χ0n) is 8.89. The van der Waals surface area contributed by atoms with Crippen LogP contribution in [0.2, 0.25) is 0 Å². The first-order valence-electron chi connectivity index (χ1n) is 5.67. The van der Waals surface area contributed by atoms with Crippen LogP contribution < -0.4 is 5.32 Å². The number of hydrogen-bond acceptors (Lipinski definition) is 4. The fourth-order valence-electron chi connectivity index (χ4n) is 2.56. The van der Waals surface area contributed by atoms with E-state index in [4.69, 9.17) is 4.74 Å². The van der Waals surface area contributed by atoms with E-state index in [9.17, 15) is 4.79 Å². The Bertz CT molecular complexity index is 367. The Hall–Kier alpha value is -0.940. The highest BCUT2D eigenvalue weighted by Gasteiger charge is 2.38. The quantitative estimate of drug-likeness (QED) is 0.857. The summed E-state index contributed by atoms with van der Waals surface area (Å²) in [5.41, 5.74) is 0. The maximum atomic E-state index is 12.0. The number of hydrogen-bond donors (Lipinski definition) is 1. The molecular weight excluding hydrogens is 224 g/mol. The van der Waals surface area contributed by atoms with Crippen molar-refractivity contribution < 1.29 is 9.53 Å². The number of fused-ring (bicyclic) bond motifs is 2. The molecule has 1 amide bonds. The summed E-state index contributed by atoms with van der Waals surface area (Å²) >= 11 is 1.46. The normalized spacial score (nSPS) is 32.6. The van der Waals surface area contributed by atoms with Crippen LogP contribution in [0, 0.1) is 5.92 Å². The molecule has 2 bridgehead atoms. The minimum Gasteiger partial charge on any atom is -0.375 e. The molecule has 1 aromatic heterocycles. The van der Waals surface area contributed by atoms with Crippen LogP contribution in [0.25, 0.3) is 0 Å². The molecule has 0 aliphatic carbocycles. The van der Waals surface area contributed by atoms with E-state index in [1.54, 1.807) is 6.20 Å². The number of anilines is 1. The van der Waals surface area contributed by atoms with Crippen LogP contribution in [-0.4, -0.2) is 23.1 Å². The van der Waals surface area contributed by atoms with E-state index in [2.05, 4.69) is 10.3 Å². The molecule has 2 fully saturated rings. The molecule has 4 nitrogen and oxygen atoms in total. The summed E-state index contributed by atoms with van der Waals surface area (Å²) in [5, 5.41) is 5.44. The monoisotopic (exact) mass is 238 g/mol. The number of rotatable bonds is 2. The number of nitrogens with one attached hydrogen (secondary N) is 1. The second-order valence-corrected chi connectivity index (χ2v) is 5.35. The third kappa shape index (κ3) is 1.97. The van der Waals surface area contributed by atoms with Gasteiger partial charge >= 0.3 is 0 Å². The lowest BCUT2D eigenvalue weighted by molar-refractivity contribution is -0.125. The molecule has 86 valence electrons. The first kappa shape index (κ1) is 10.2. The predicted molar refractivity (Wildman–Crippen MR) is 61.4 cm³/mol. The standard InChI is InChI=1S/C11H14N2O2S/c14-10(13-11-12-3-4-16-11)7-5-8-1-2-9(6-7)15-8/h3-4,7-9H,1-2,5-6H2,(H,12,13,14)/t7?,8-,9+. The molecule has 2 saturated heterocycles. The average molecular weight is 238 g/mol. The zero-order chi connectivity index (χ0) is 11.0. The second-order valence-electron chi connectivity index (χ2n) is 4.45. The summed E-state index contributed by atoms with van der Waals surface area (Å²) in [5.74, 6) is 0.213. The molecule has 2 aliphatic rings. The van der Waals surface area contributed by atoms with Crippen molar-refractivity contribution in [3.8, 4) is 0 Å². The van der Waals surface area contributed by atoms with E-state index in [0.717, 1.165) is 25.7 Å². The summed E-state index contributed by atoms with van der Waals surface area (Å²) in [6.45, 7) is 0. The highest BCUT2D eigenvalue weighted by atomic mass is 32.1. The van der Waals surface area contributed by atoms with Crippen LogP contribution in [0.15, 0.2) is 11.6 Å². The summed E-state index contributed by atoms with van der Waals surface area (Å²) in [6, 6.07) is 0. The minimum absolute atomic E-state index is 0.107. The maximum Gasteiger partial charge on any atom is 0.229 e. The van der Waals surface area contributed by atoms with Crippen LogP contribution in [-0.2, 0) is 9.53 Å². The third-order valence-corrected chi connectivity index (χ3v) is 4.01. The van der Waals surface area contributed by atoms with Crippen molar-refractivity contribution in [2.75, 3.05) is 5.32 Å². The Balaban J connectivity index is 1.63. The number of nitrogens with zero attached hydrogens (tertiary/aromatic N) is 1. The summed E-state index contributed by atoms with van der Waals surface area (Å²) in [6.07, 6.45) is 6.30. The van der Waals surface area contributed by atoms with Crippen molar-refractivity contribution in [1.29, 1.82) is 0 Å². The number of thiazole rings is 1. The number of carbonyl (C=O) groups excluding carboxylic acids is 1. The van der Waals surface area contributed by atoms with E-state index in [1.165, 1.54) is 11.3 Å². The molecule has 1 unspecified atom stereocenters. The van der Waals surface area contributed by atoms with Crippen LogP contribution in [0.5, 0.6) is 0 Å². The van der Waals surface area contributed by atoms with E-state index in [1.807, 2.05) is 5.38 Å². The van der Waals surface area contributed by atoms with Gasteiger partial charge in [0, 0.05) is 17.5 Å². The number of amides is 1. The van der Waals surface area contributed by atoms with Gasteiger partial charge in [-0.25, -0.2) is 4.98 Å². The molecule has 1 N–H and O–H groups in total. The Morgan fingerprint density at radius 2 is 2.19 bits per heavy atom. The smallest absolute Gasteiger partial charge is 0.229 e. The molecule has 5 heteroatoms. The van der Waals surface area contributed by atoms with Crippen LogP contribution in [0.3, 0.4) is 0 Å². The van der Waals surface area contributed by atoms with Crippen molar-refractivity contribution >= 4 is 22.4 Å². The Kier molecular flexibility index (Phi) is 2.65. The van der Waals surface area contributed by atoms with E-state index in [-0.39, 0.29) is 11.8 Å². The van der Waals surface area contributed by atoms with Gasteiger partial charge in [0.05, 0.1) is 12.2 Å². The lowest BCUT2D eigenvalue weighted by Crippen LogP contribution is -2.33. The lowest BCUT2D eigenvalue weighted by Gasteiger charge is -2.27. The Labute approximate surface area is 98.0 Å². The molecule has 2 aliphatic heterocycles. The van der Waals surface area contributed by atoms with Crippen molar-refractivity contribution in [3.05, 3.63) is 11.6 Å². The first-order chi connectivity index (χ1) is 7.81. The molecular formula is C11H14N2O2S. The van der Waals surface area contributed by atoms with Crippen LogP contribution in [0.4, 0.5) is 5.13 Å².